The smallest absolute Gasteiger partial charge is 0.322 e. The summed E-state index contributed by atoms with van der Waals surface area (Å²) < 4.78 is 13.6. The number of amides is 4. The first-order valence-corrected chi connectivity index (χ1v) is 9.64. The van der Waals surface area contributed by atoms with Crippen LogP contribution in [-0.4, -0.2) is 54.5 Å². The van der Waals surface area contributed by atoms with Gasteiger partial charge in [-0.25, -0.2) is 9.18 Å². The number of benzene rings is 1. The Kier molecular flexibility index (Phi) is 5.27. The molecule has 3 aliphatic heterocycles. The molecule has 4 rings (SSSR count). The first-order valence-electron chi connectivity index (χ1n) is 9.64. The van der Waals surface area contributed by atoms with Crippen LogP contribution in [0.1, 0.15) is 30.7 Å². The maximum absolute atomic E-state index is 13.6. The third-order valence-corrected chi connectivity index (χ3v) is 5.94. The molecule has 3 saturated heterocycles. The van der Waals surface area contributed by atoms with Gasteiger partial charge in [-0.1, -0.05) is 12.1 Å². The van der Waals surface area contributed by atoms with Crippen molar-refractivity contribution >= 4 is 17.8 Å². The average Bonchev–Trinajstić information content (AvgIpc) is 3.28. The van der Waals surface area contributed by atoms with Gasteiger partial charge in [0.15, 0.2) is 0 Å². The molecule has 4 amide bonds. The molecule has 0 aromatic heterocycles. The van der Waals surface area contributed by atoms with E-state index in [1.165, 1.54) is 6.07 Å². The molecule has 3 fully saturated rings. The van der Waals surface area contributed by atoms with Gasteiger partial charge in [0.25, 0.3) is 5.91 Å². The number of imide groups is 1. The molecule has 1 aromatic rings. The summed E-state index contributed by atoms with van der Waals surface area (Å²) in [6.07, 6.45) is 1.65. The van der Waals surface area contributed by atoms with Crippen LogP contribution in [0.4, 0.5) is 9.18 Å². The molecular formula is C19H24FN5O3. The number of hydrogen-bond donors (Lipinski definition) is 4. The van der Waals surface area contributed by atoms with E-state index < -0.39 is 18.0 Å². The fourth-order valence-corrected chi connectivity index (χ4v) is 4.44. The molecule has 0 saturated carbocycles. The number of rotatable bonds is 4. The lowest BCUT2D eigenvalue weighted by atomic mass is 9.80. The van der Waals surface area contributed by atoms with Crippen LogP contribution < -0.4 is 21.5 Å². The normalized spacial score (nSPS) is 28.3. The van der Waals surface area contributed by atoms with Crippen molar-refractivity contribution < 1.29 is 18.8 Å². The topological polar surface area (TPSA) is 103 Å². The Hall–Kier alpha value is -2.52. The Balaban J connectivity index is 1.33. The number of likely N-dealkylation sites (tertiary alicyclic amines) is 1. The fraction of sp³-hybridized carbons (Fsp3) is 0.526. The molecule has 3 unspecified atom stereocenters. The summed E-state index contributed by atoms with van der Waals surface area (Å²) in [5, 5.41) is 4.60. The molecule has 4 N–H and O–H groups in total. The molecular weight excluding hydrogens is 365 g/mol. The van der Waals surface area contributed by atoms with E-state index in [-0.39, 0.29) is 30.1 Å². The molecule has 0 aliphatic carbocycles. The van der Waals surface area contributed by atoms with Crippen LogP contribution in [0, 0.1) is 11.7 Å². The Labute approximate surface area is 162 Å². The van der Waals surface area contributed by atoms with Crippen LogP contribution in [0.25, 0.3) is 0 Å². The highest BCUT2D eigenvalue weighted by Crippen LogP contribution is 2.32. The second kappa shape index (κ2) is 7.84. The highest BCUT2D eigenvalue weighted by molar-refractivity contribution is 6.05. The predicted molar refractivity (Wildman–Crippen MR) is 98.5 cm³/mol. The van der Waals surface area contributed by atoms with E-state index >= 15 is 0 Å². The lowest BCUT2D eigenvalue weighted by molar-refractivity contribution is -0.135. The Bertz CT molecular complexity index is 781. The van der Waals surface area contributed by atoms with Gasteiger partial charge in [-0.15, -0.1) is 0 Å². The molecule has 28 heavy (non-hydrogen) atoms. The SMILES string of the molecule is O=C1NC(=O)C(CC(=O)N2CCC(C3NNCC3c3cccc(F)c3)CC2)N1. The van der Waals surface area contributed by atoms with E-state index in [1.54, 1.807) is 17.0 Å². The third kappa shape index (κ3) is 3.85. The average molecular weight is 389 g/mol. The molecule has 3 aliphatic rings. The summed E-state index contributed by atoms with van der Waals surface area (Å²) in [6.45, 7) is 1.96. The van der Waals surface area contributed by atoms with Crippen molar-refractivity contribution in [3.05, 3.63) is 35.6 Å². The lowest BCUT2D eigenvalue weighted by Gasteiger charge is -2.36. The van der Waals surface area contributed by atoms with Gasteiger partial charge in [0.2, 0.25) is 5.91 Å². The van der Waals surface area contributed by atoms with E-state index in [1.807, 2.05) is 6.07 Å². The number of nitrogens with zero attached hydrogens (tertiary/aromatic N) is 1. The van der Waals surface area contributed by atoms with Gasteiger partial charge in [-0.2, -0.15) is 0 Å². The molecule has 1 aromatic carbocycles. The van der Waals surface area contributed by atoms with Gasteiger partial charge in [0, 0.05) is 31.6 Å². The second-order valence-corrected chi connectivity index (χ2v) is 7.65. The Morgan fingerprint density at radius 2 is 2.00 bits per heavy atom. The van der Waals surface area contributed by atoms with Gasteiger partial charge in [-0.3, -0.25) is 25.8 Å². The molecule has 9 heteroatoms. The zero-order valence-electron chi connectivity index (χ0n) is 15.4. The van der Waals surface area contributed by atoms with Crippen LogP contribution in [0.5, 0.6) is 0 Å². The summed E-state index contributed by atoms with van der Waals surface area (Å²) in [6, 6.07) is 5.57. The first kappa shape index (κ1) is 18.8. The number of hydrazine groups is 1. The van der Waals surface area contributed by atoms with Crippen molar-refractivity contribution in [2.24, 2.45) is 5.92 Å². The minimum Gasteiger partial charge on any atom is -0.343 e. The number of halogens is 1. The molecule has 150 valence electrons. The maximum atomic E-state index is 13.6. The van der Waals surface area contributed by atoms with Crippen LogP contribution in [0.2, 0.25) is 0 Å². The number of piperidine rings is 1. The number of nitrogens with one attached hydrogen (secondary N) is 4. The molecule has 0 spiro atoms. The third-order valence-electron chi connectivity index (χ3n) is 5.94. The monoisotopic (exact) mass is 389 g/mol. The summed E-state index contributed by atoms with van der Waals surface area (Å²) in [4.78, 5) is 37.0. The number of hydrogen-bond acceptors (Lipinski definition) is 5. The van der Waals surface area contributed by atoms with E-state index in [0.717, 1.165) is 24.9 Å². The van der Waals surface area contributed by atoms with Crippen molar-refractivity contribution in [2.75, 3.05) is 19.6 Å². The largest absolute Gasteiger partial charge is 0.343 e. The summed E-state index contributed by atoms with van der Waals surface area (Å²) in [5.74, 6) is -0.263. The predicted octanol–water partition coefficient (Wildman–Crippen LogP) is 0.222. The zero-order valence-corrected chi connectivity index (χ0v) is 15.4. The number of urea groups is 1. The Morgan fingerprint density at radius 1 is 1.21 bits per heavy atom. The van der Waals surface area contributed by atoms with Crippen molar-refractivity contribution in [3.63, 3.8) is 0 Å². The van der Waals surface area contributed by atoms with Gasteiger partial charge >= 0.3 is 6.03 Å². The Morgan fingerprint density at radius 3 is 2.68 bits per heavy atom. The molecule has 0 bridgehead atoms. The number of carbonyl (C=O) groups is 3. The molecule has 8 nitrogen and oxygen atoms in total. The minimum atomic E-state index is -0.782. The van der Waals surface area contributed by atoms with Crippen LogP contribution in [0.15, 0.2) is 24.3 Å². The van der Waals surface area contributed by atoms with Crippen molar-refractivity contribution in [1.29, 1.82) is 0 Å². The van der Waals surface area contributed by atoms with E-state index in [9.17, 15) is 18.8 Å². The zero-order chi connectivity index (χ0) is 19.7. The van der Waals surface area contributed by atoms with E-state index in [4.69, 9.17) is 0 Å². The van der Waals surface area contributed by atoms with Gasteiger partial charge in [-0.05, 0) is 36.5 Å². The minimum absolute atomic E-state index is 0.0165. The van der Waals surface area contributed by atoms with Crippen LogP contribution in [0.3, 0.4) is 0 Å². The maximum Gasteiger partial charge on any atom is 0.322 e. The highest BCUT2D eigenvalue weighted by atomic mass is 19.1. The van der Waals surface area contributed by atoms with Gasteiger partial charge in [0.05, 0.1) is 6.42 Å². The summed E-state index contributed by atoms with van der Waals surface area (Å²) >= 11 is 0. The van der Waals surface area contributed by atoms with E-state index in [0.29, 0.717) is 19.0 Å². The molecule has 3 atom stereocenters. The van der Waals surface area contributed by atoms with Crippen molar-refractivity contribution in [1.82, 2.24) is 26.4 Å². The summed E-state index contributed by atoms with van der Waals surface area (Å²) in [5.41, 5.74) is 7.50. The van der Waals surface area contributed by atoms with Gasteiger partial charge < -0.3 is 10.2 Å². The molecule has 0 radical (unpaired) electrons. The fourth-order valence-electron chi connectivity index (χ4n) is 4.44. The first-order chi connectivity index (χ1) is 13.5. The number of carbonyl (C=O) groups excluding carboxylic acids is 3. The standard InChI is InChI=1S/C19H24FN5O3/c20-13-3-1-2-12(8-13)14-10-21-24-17(14)11-4-6-25(7-5-11)16(26)9-15-18(27)23-19(28)22-15/h1-3,8,11,14-15,17,21,24H,4-7,9-10H2,(H2,22,23,27,28). The highest BCUT2D eigenvalue weighted by Gasteiger charge is 2.38. The van der Waals surface area contributed by atoms with Crippen LogP contribution >= 0.6 is 0 Å². The summed E-state index contributed by atoms with van der Waals surface area (Å²) in [7, 11) is 0. The second-order valence-electron chi connectivity index (χ2n) is 7.65. The quantitative estimate of drug-likeness (QED) is 0.552. The lowest BCUT2D eigenvalue weighted by Crippen LogP contribution is -2.47. The van der Waals surface area contributed by atoms with Crippen molar-refractivity contribution in [3.8, 4) is 0 Å². The van der Waals surface area contributed by atoms with Crippen LogP contribution in [-0.2, 0) is 9.59 Å². The van der Waals surface area contributed by atoms with E-state index in [2.05, 4.69) is 21.5 Å². The van der Waals surface area contributed by atoms with Crippen molar-refractivity contribution in [2.45, 2.75) is 37.3 Å². The van der Waals surface area contributed by atoms with Gasteiger partial charge in [0.1, 0.15) is 11.9 Å². The molecule has 3 heterocycles.